The molecule has 4 rings (SSSR count). The van der Waals surface area contributed by atoms with Crippen molar-refractivity contribution < 1.29 is 0 Å². The molecule has 4 heterocycles. The molecule has 0 radical (unpaired) electrons. The van der Waals surface area contributed by atoms with Crippen LogP contribution in [0.2, 0.25) is 4.34 Å². The zero-order valence-corrected chi connectivity index (χ0v) is 16.9. The molecule has 1 aliphatic rings. The van der Waals surface area contributed by atoms with Crippen LogP contribution in [0.5, 0.6) is 0 Å². The number of nitrogens with zero attached hydrogens (tertiary/aromatic N) is 3. The number of nitrogens with one attached hydrogen (secondary N) is 1. The van der Waals surface area contributed by atoms with Gasteiger partial charge < -0.3 is 4.98 Å². The summed E-state index contributed by atoms with van der Waals surface area (Å²) in [7, 11) is 0. The molecule has 0 fully saturated rings. The summed E-state index contributed by atoms with van der Waals surface area (Å²) in [6, 6.07) is 7.99. The Balaban J connectivity index is 1.48. The molecule has 7 heteroatoms. The van der Waals surface area contributed by atoms with Crippen molar-refractivity contribution in [3.63, 3.8) is 0 Å². The fraction of sp³-hybridized carbons (Fsp3) is 0.350. The van der Waals surface area contributed by atoms with Crippen LogP contribution >= 0.6 is 22.9 Å². The molecule has 0 aliphatic carbocycles. The molecule has 3 aromatic rings. The van der Waals surface area contributed by atoms with Gasteiger partial charge in [0.05, 0.1) is 26.2 Å². The maximum atomic E-state index is 12.4. The van der Waals surface area contributed by atoms with Gasteiger partial charge in [-0.05, 0) is 23.8 Å². The Kier molecular flexibility index (Phi) is 5.12. The van der Waals surface area contributed by atoms with Crippen molar-refractivity contribution in [1.29, 1.82) is 0 Å². The molecule has 0 spiro atoms. The smallest absolute Gasteiger partial charge is 0.255 e. The lowest BCUT2D eigenvalue weighted by molar-refractivity contribution is 0.241. The normalized spacial score (nSPS) is 14.5. The van der Waals surface area contributed by atoms with Gasteiger partial charge in [-0.15, -0.1) is 11.3 Å². The predicted octanol–water partition coefficient (Wildman–Crippen LogP) is 4.23. The maximum Gasteiger partial charge on any atom is 0.255 e. The topological polar surface area (TPSA) is 61.9 Å². The Morgan fingerprint density at radius 1 is 1.30 bits per heavy atom. The van der Waals surface area contributed by atoms with E-state index in [1.54, 1.807) is 0 Å². The lowest BCUT2D eigenvalue weighted by Gasteiger charge is -2.27. The van der Waals surface area contributed by atoms with Gasteiger partial charge in [-0.2, -0.15) is 0 Å². The SMILES string of the molecule is CC(C)c1nc2c(c(=O)[nH]1)CN(Cc1ccc(-c3ccc(Cl)s3)nc1)CC2. The molecule has 0 saturated carbocycles. The lowest BCUT2D eigenvalue weighted by atomic mass is 10.1. The third kappa shape index (κ3) is 3.98. The first kappa shape index (κ1) is 18.3. The fourth-order valence-corrected chi connectivity index (χ4v) is 4.30. The van der Waals surface area contributed by atoms with Crippen LogP contribution in [-0.4, -0.2) is 26.4 Å². The largest absolute Gasteiger partial charge is 0.310 e. The first-order valence-electron chi connectivity index (χ1n) is 9.04. The summed E-state index contributed by atoms with van der Waals surface area (Å²) in [5.74, 6) is 1.00. The number of hydrogen-bond donors (Lipinski definition) is 1. The molecule has 0 unspecified atom stereocenters. The summed E-state index contributed by atoms with van der Waals surface area (Å²) in [5.41, 5.74) is 3.80. The van der Waals surface area contributed by atoms with Crippen molar-refractivity contribution in [1.82, 2.24) is 19.9 Å². The van der Waals surface area contributed by atoms with Crippen LogP contribution in [-0.2, 0) is 19.5 Å². The average Bonchev–Trinajstić information content (AvgIpc) is 3.09. The molecule has 140 valence electrons. The van der Waals surface area contributed by atoms with Gasteiger partial charge in [0, 0.05) is 38.2 Å². The maximum absolute atomic E-state index is 12.4. The highest BCUT2D eigenvalue weighted by molar-refractivity contribution is 7.19. The number of pyridine rings is 1. The third-order valence-electron chi connectivity index (χ3n) is 4.77. The minimum atomic E-state index is -0.00329. The molecule has 27 heavy (non-hydrogen) atoms. The van der Waals surface area contributed by atoms with E-state index in [2.05, 4.69) is 25.9 Å². The van der Waals surface area contributed by atoms with Crippen molar-refractivity contribution in [3.8, 4) is 10.6 Å². The quantitative estimate of drug-likeness (QED) is 0.711. The average molecular weight is 401 g/mol. The number of rotatable bonds is 4. The molecule has 0 bridgehead atoms. The van der Waals surface area contributed by atoms with Gasteiger partial charge in [-0.3, -0.25) is 14.7 Å². The molecule has 1 aliphatic heterocycles. The molecule has 3 aromatic heterocycles. The predicted molar refractivity (Wildman–Crippen MR) is 109 cm³/mol. The zero-order valence-electron chi connectivity index (χ0n) is 15.3. The van der Waals surface area contributed by atoms with E-state index in [9.17, 15) is 4.79 Å². The molecule has 0 saturated heterocycles. The third-order valence-corrected chi connectivity index (χ3v) is 6.02. The van der Waals surface area contributed by atoms with E-state index in [-0.39, 0.29) is 11.5 Å². The number of H-pyrrole nitrogens is 1. The van der Waals surface area contributed by atoms with E-state index in [4.69, 9.17) is 11.6 Å². The van der Waals surface area contributed by atoms with Crippen LogP contribution in [0, 0.1) is 0 Å². The summed E-state index contributed by atoms with van der Waals surface area (Å²) in [5, 5.41) is 0. The summed E-state index contributed by atoms with van der Waals surface area (Å²) < 4.78 is 0.766. The number of thiophene rings is 1. The molecular weight excluding hydrogens is 380 g/mol. The van der Waals surface area contributed by atoms with Crippen LogP contribution in [0.1, 0.15) is 42.4 Å². The summed E-state index contributed by atoms with van der Waals surface area (Å²) in [6.07, 6.45) is 2.71. The molecule has 5 nitrogen and oxygen atoms in total. The minimum absolute atomic E-state index is 0.00329. The van der Waals surface area contributed by atoms with Crippen molar-refractivity contribution in [2.75, 3.05) is 6.54 Å². The first-order chi connectivity index (χ1) is 13.0. The second kappa shape index (κ2) is 7.54. The van der Waals surface area contributed by atoms with Crippen LogP contribution in [0.3, 0.4) is 0 Å². The van der Waals surface area contributed by atoms with Gasteiger partial charge in [-0.1, -0.05) is 31.5 Å². The van der Waals surface area contributed by atoms with Gasteiger partial charge in [0.1, 0.15) is 5.82 Å². The molecular formula is C20H21ClN4OS. The first-order valence-corrected chi connectivity index (χ1v) is 10.2. The van der Waals surface area contributed by atoms with E-state index in [1.165, 1.54) is 11.3 Å². The standard InChI is InChI=1S/C20H21ClN4OS/c1-12(2)19-23-15-7-8-25(11-14(15)20(26)24-19)10-13-3-4-16(22-9-13)17-5-6-18(21)27-17/h3-6,9,12H,7-8,10-11H2,1-2H3,(H,23,24,26). The van der Waals surface area contributed by atoms with Crippen molar-refractivity contribution in [2.45, 2.75) is 39.3 Å². The Bertz CT molecular complexity index is 1010. The van der Waals surface area contributed by atoms with Crippen LogP contribution < -0.4 is 5.56 Å². The van der Waals surface area contributed by atoms with E-state index < -0.39 is 0 Å². The number of hydrogen-bond acceptors (Lipinski definition) is 5. The van der Waals surface area contributed by atoms with Gasteiger partial charge in [0.2, 0.25) is 0 Å². The molecule has 0 atom stereocenters. The highest BCUT2D eigenvalue weighted by atomic mass is 35.5. The number of halogens is 1. The Hall–Kier alpha value is -2.02. The van der Waals surface area contributed by atoms with E-state index in [1.807, 2.05) is 38.2 Å². The highest BCUT2D eigenvalue weighted by Crippen LogP contribution is 2.29. The lowest BCUT2D eigenvalue weighted by Crippen LogP contribution is -2.36. The fourth-order valence-electron chi connectivity index (χ4n) is 3.28. The van der Waals surface area contributed by atoms with Crippen molar-refractivity contribution in [3.05, 3.63) is 67.8 Å². The summed E-state index contributed by atoms with van der Waals surface area (Å²) >= 11 is 7.53. The van der Waals surface area contributed by atoms with E-state index in [0.717, 1.165) is 57.1 Å². The Morgan fingerprint density at radius 2 is 2.15 bits per heavy atom. The monoisotopic (exact) mass is 400 g/mol. The van der Waals surface area contributed by atoms with Gasteiger partial charge in [-0.25, -0.2) is 4.98 Å². The molecule has 1 N–H and O–H groups in total. The highest BCUT2D eigenvalue weighted by Gasteiger charge is 2.22. The minimum Gasteiger partial charge on any atom is -0.310 e. The number of aromatic nitrogens is 3. The van der Waals surface area contributed by atoms with Crippen LogP contribution in [0.4, 0.5) is 0 Å². The van der Waals surface area contributed by atoms with E-state index >= 15 is 0 Å². The Labute approximate surface area is 167 Å². The second-order valence-electron chi connectivity index (χ2n) is 7.15. The zero-order chi connectivity index (χ0) is 19.0. The summed E-state index contributed by atoms with van der Waals surface area (Å²) in [6.45, 7) is 6.37. The molecule has 0 aromatic carbocycles. The van der Waals surface area contributed by atoms with Crippen molar-refractivity contribution >= 4 is 22.9 Å². The number of aromatic amines is 1. The second-order valence-corrected chi connectivity index (χ2v) is 8.86. The van der Waals surface area contributed by atoms with Gasteiger partial charge in [0.25, 0.3) is 5.56 Å². The summed E-state index contributed by atoms with van der Waals surface area (Å²) in [4.78, 5) is 27.9. The van der Waals surface area contributed by atoms with Crippen LogP contribution in [0.25, 0.3) is 10.6 Å². The number of fused-ring (bicyclic) bond motifs is 1. The van der Waals surface area contributed by atoms with Gasteiger partial charge in [0.15, 0.2) is 0 Å². The molecule has 0 amide bonds. The van der Waals surface area contributed by atoms with Crippen LogP contribution in [0.15, 0.2) is 35.3 Å². The van der Waals surface area contributed by atoms with Crippen molar-refractivity contribution in [2.24, 2.45) is 0 Å². The van der Waals surface area contributed by atoms with Gasteiger partial charge >= 0.3 is 0 Å². The Morgan fingerprint density at radius 3 is 2.81 bits per heavy atom. The van der Waals surface area contributed by atoms with E-state index in [0.29, 0.717) is 6.54 Å².